The summed E-state index contributed by atoms with van der Waals surface area (Å²) in [6.45, 7) is 2.18. The van der Waals surface area contributed by atoms with Crippen molar-refractivity contribution in [1.29, 1.82) is 0 Å². The number of rotatable bonds is 7. The number of imidazole rings is 1. The highest BCUT2D eigenvalue weighted by atomic mass is 32.2. The Morgan fingerprint density at radius 1 is 1.11 bits per heavy atom. The van der Waals surface area contributed by atoms with Crippen LogP contribution in [0.25, 0.3) is 21.8 Å². The first-order chi connectivity index (χ1) is 13.5. The molecule has 1 unspecified atom stereocenters. The quantitative estimate of drug-likeness (QED) is 0.455. The number of aromatic nitrogens is 3. The van der Waals surface area contributed by atoms with Crippen molar-refractivity contribution in [2.45, 2.75) is 37.0 Å². The van der Waals surface area contributed by atoms with Crippen molar-refractivity contribution in [2.75, 3.05) is 5.75 Å². The lowest BCUT2D eigenvalue weighted by Crippen LogP contribution is -2.08. The Morgan fingerprint density at radius 3 is 2.89 bits per heavy atom. The number of hydrogen-bond donors (Lipinski definition) is 1. The van der Waals surface area contributed by atoms with Crippen molar-refractivity contribution >= 4 is 31.6 Å². The number of nitrogens with one attached hydrogen (secondary N) is 1. The van der Waals surface area contributed by atoms with Crippen molar-refractivity contribution < 1.29 is 8.42 Å². The minimum absolute atomic E-state index is 0.167. The van der Waals surface area contributed by atoms with Gasteiger partial charge in [-0.15, -0.1) is 0 Å². The normalized spacial score (nSPS) is 13.2. The SMILES string of the molecule is CC(CCCCS(=O)(=O)c1cccc2cnccc12)c1ccc2nc[nH]c2c1. The van der Waals surface area contributed by atoms with Gasteiger partial charge in [-0.05, 0) is 48.6 Å². The van der Waals surface area contributed by atoms with Crippen molar-refractivity contribution in [2.24, 2.45) is 0 Å². The number of pyridine rings is 1. The molecule has 144 valence electrons. The average Bonchev–Trinajstić information content (AvgIpc) is 3.18. The number of fused-ring (bicyclic) bond motifs is 2. The van der Waals surface area contributed by atoms with Crippen LogP contribution in [0.1, 0.15) is 37.7 Å². The molecule has 0 aliphatic carbocycles. The maximum Gasteiger partial charge on any atom is 0.178 e. The predicted octanol–water partition coefficient (Wildman–Crippen LogP) is 4.86. The van der Waals surface area contributed by atoms with Gasteiger partial charge in [0.25, 0.3) is 0 Å². The number of H-pyrrole nitrogens is 1. The minimum atomic E-state index is -3.31. The molecule has 2 aromatic carbocycles. The fraction of sp³-hybridized carbons (Fsp3) is 0.273. The highest BCUT2D eigenvalue weighted by Crippen LogP contribution is 2.26. The summed E-state index contributed by atoms with van der Waals surface area (Å²) in [5.74, 6) is 0.542. The van der Waals surface area contributed by atoms with Gasteiger partial charge in [-0.1, -0.05) is 31.5 Å². The molecule has 2 heterocycles. The number of hydrogen-bond acceptors (Lipinski definition) is 4. The van der Waals surface area contributed by atoms with Crippen LogP contribution in [0.4, 0.5) is 0 Å². The molecule has 4 aromatic rings. The van der Waals surface area contributed by atoms with Gasteiger partial charge in [0.1, 0.15) is 0 Å². The van der Waals surface area contributed by atoms with Crippen LogP contribution in [0.2, 0.25) is 0 Å². The van der Waals surface area contributed by atoms with Crippen molar-refractivity contribution in [1.82, 2.24) is 15.0 Å². The maximum absolute atomic E-state index is 12.8. The summed E-state index contributed by atoms with van der Waals surface area (Å²) in [6, 6.07) is 13.4. The molecule has 0 aliphatic rings. The zero-order valence-corrected chi connectivity index (χ0v) is 16.6. The number of benzene rings is 2. The molecule has 2 aromatic heterocycles. The molecule has 0 bridgehead atoms. The smallest absolute Gasteiger partial charge is 0.178 e. The molecule has 28 heavy (non-hydrogen) atoms. The fourth-order valence-corrected chi connectivity index (χ4v) is 5.25. The van der Waals surface area contributed by atoms with Gasteiger partial charge in [0, 0.05) is 23.2 Å². The lowest BCUT2D eigenvalue weighted by molar-refractivity contribution is 0.583. The Bertz CT molecular complexity index is 1210. The lowest BCUT2D eigenvalue weighted by atomic mass is 9.95. The van der Waals surface area contributed by atoms with Crippen molar-refractivity contribution in [3.63, 3.8) is 0 Å². The summed E-state index contributed by atoms with van der Waals surface area (Å²) in [6.07, 6.45) is 7.52. The van der Waals surface area contributed by atoms with Crippen LogP contribution >= 0.6 is 0 Å². The van der Waals surface area contributed by atoms with E-state index in [1.54, 1.807) is 36.9 Å². The fourth-order valence-electron chi connectivity index (χ4n) is 3.64. The maximum atomic E-state index is 12.8. The standard InChI is InChI=1S/C22H23N3O2S/c1-16(17-8-9-20-21(13-17)25-15-24-20)5-2-3-12-28(26,27)22-7-4-6-18-14-23-11-10-19(18)22/h4,6-11,13-16H,2-3,5,12H2,1H3,(H,24,25). The Morgan fingerprint density at radius 2 is 2.00 bits per heavy atom. The lowest BCUT2D eigenvalue weighted by Gasteiger charge is -2.12. The van der Waals surface area contributed by atoms with Gasteiger partial charge in [0.2, 0.25) is 0 Å². The topological polar surface area (TPSA) is 75.7 Å². The van der Waals surface area contributed by atoms with Gasteiger partial charge in [0.15, 0.2) is 9.84 Å². The first-order valence-corrected chi connectivity index (χ1v) is 11.2. The molecule has 0 saturated heterocycles. The minimum Gasteiger partial charge on any atom is -0.345 e. The molecular formula is C22H23N3O2S. The van der Waals surface area contributed by atoms with E-state index in [9.17, 15) is 8.42 Å². The number of sulfone groups is 1. The average molecular weight is 394 g/mol. The van der Waals surface area contributed by atoms with Gasteiger partial charge in [0.05, 0.1) is 28.0 Å². The zero-order chi connectivity index (χ0) is 19.6. The van der Waals surface area contributed by atoms with Gasteiger partial charge in [-0.25, -0.2) is 13.4 Å². The highest BCUT2D eigenvalue weighted by molar-refractivity contribution is 7.91. The number of aromatic amines is 1. The van der Waals surface area contributed by atoms with Crippen LogP contribution in [0.15, 0.2) is 66.1 Å². The summed E-state index contributed by atoms with van der Waals surface area (Å²) in [7, 11) is -3.31. The van der Waals surface area contributed by atoms with E-state index in [-0.39, 0.29) is 5.75 Å². The third-order valence-electron chi connectivity index (χ3n) is 5.29. The summed E-state index contributed by atoms with van der Waals surface area (Å²) in [4.78, 5) is 11.9. The van der Waals surface area contributed by atoms with Crippen molar-refractivity contribution in [3.05, 3.63) is 66.7 Å². The Labute approximate surface area is 164 Å². The molecule has 0 aliphatic heterocycles. The zero-order valence-electron chi connectivity index (χ0n) is 15.8. The molecule has 4 rings (SSSR count). The second-order valence-corrected chi connectivity index (χ2v) is 9.33. The Balaban J connectivity index is 1.38. The van der Waals surface area contributed by atoms with E-state index in [0.717, 1.165) is 34.6 Å². The molecule has 5 nitrogen and oxygen atoms in total. The van der Waals surface area contributed by atoms with Gasteiger partial charge in [-0.3, -0.25) is 4.98 Å². The third kappa shape index (κ3) is 3.78. The molecular weight excluding hydrogens is 370 g/mol. The van der Waals surface area contributed by atoms with Gasteiger partial charge < -0.3 is 4.98 Å². The monoisotopic (exact) mass is 393 g/mol. The predicted molar refractivity (Wildman–Crippen MR) is 112 cm³/mol. The highest BCUT2D eigenvalue weighted by Gasteiger charge is 2.17. The van der Waals surface area contributed by atoms with E-state index in [1.807, 2.05) is 12.1 Å². The van der Waals surface area contributed by atoms with Crippen LogP contribution in [-0.2, 0) is 9.84 Å². The molecule has 0 amide bonds. The number of unbranched alkanes of at least 4 members (excludes halogenated alkanes) is 1. The molecule has 0 saturated carbocycles. The van der Waals surface area contributed by atoms with E-state index in [1.165, 1.54) is 5.56 Å². The molecule has 6 heteroatoms. The first kappa shape index (κ1) is 18.6. The summed E-state index contributed by atoms with van der Waals surface area (Å²) in [5.41, 5.74) is 3.26. The second kappa shape index (κ2) is 7.72. The molecule has 1 atom stereocenters. The Hall–Kier alpha value is -2.73. The second-order valence-electron chi connectivity index (χ2n) is 7.25. The van der Waals surface area contributed by atoms with E-state index in [0.29, 0.717) is 17.2 Å². The molecule has 0 spiro atoms. The molecule has 1 N–H and O–H groups in total. The van der Waals surface area contributed by atoms with E-state index >= 15 is 0 Å². The van der Waals surface area contributed by atoms with Crippen LogP contribution in [0.3, 0.4) is 0 Å². The van der Waals surface area contributed by atoms with E-state index in [4.69, 9.17) is 0 Å². The van der Waals surface area contributed by atoms with Crippen LogP contribution < -0.4 is 0 Å². The van der Waals surface area contributed by atoms with Crippen LogP contribution in [-0.4, -0.2) is 29.1 Å². The van der Waals surface area contributed by atoms with E-state index < -0.39 is 9.84 Å². The van der Waals surface area contributed by atoms with Gasteiger partial charge in [-0.2, -0.15) is 0 Å². The largest absolute Gasteiger partial charge is 0.345 e. The van der Waals surface area contributed by atoms with Crippen LogP contribution in [0, 0.1) is 0 Å². The summed E-state index contributed by atoms with van der Waals surface area (Å²) < 4.78 is 25.7. The summed E-state index contributed by atoms with van der Waals surface area (Å²) in [5, 5.41) is 1.60. The summed E-state index contributed by atoms with van der Waals surface area (Å²) >= 11 is 0. The van der Waals surface area contributed by atoms with E-state index in [2.05, 4.69) is 34.0 Å². The van der Waals surface area contributed by atoms with Gasteiger partial charge >= 0.3 is 0 Å². The Kier molecular flexibility index (Phi) is 5.13. The number of nitrogens with zero attached hydrogens (tertiary/aromatic N) is 2. The molecule has 0 radical (unpaired) electrons. The third-order valence-corrected chi connectivity index (χ3v) is 7.14. The molecule has 0 fully saturated rings. The van der Waals surface area contributed by atoms with Crippen LogP contribution in [0.5, 0.6) is 0 Å². The van der Waals surface area contributed by atoms with Crippen molar-refractivity contribution in [3.8, 4) is 0 Å². The first-order valence-electron chi connectivity index (χ1n) is 9.53.